The first-order chi connectivity index (χ1) is 13.3. The predicted molar refractivity (Wildman–Crippen MR) is 106 cm³/mol. The maximum Gasteiger partial charge on any atom is 0.265 e. The van der Waals surface area contributed by atoms with Crippen LogP contribution in [0.5, 0.6) is 5.75 Å². The SMILES string of the molecule is CCN(CC)S(=O)(=O)c1ccc(NC(=O)[C@H](C)Oc2ccc(C#N)cc2)cc1. The lowest BCUT2D eigenvalue weighted by molar-refractivity contribution is -0.122. The van der Waals surface area contributed by atoms with Gasteiger partial charge in [0.25, 0.3) is 5.91 Å². The van der Waals surface area contributed by atoms with Crippen LogP contribution in [0.3, 0.4) is 0 Å². The Morgan fingerprint density at radius 3 is 2.18 bits per heavy atom. The number of nitrogens with one attached hydrogen (secondary N) is 1. The lowest BCUT2D eigenvalue weighted by Crippen LogP contribution is -2.31. The lowest BCUT2D eigenvalue weighted by atomic mass is 10.2. The van der Waals surface area contributed by atoms with Gasteiger partial charge in [-0.2, -0.15) is 9.57 Å². The minimum Gasteiger partial charge on any atom is -0.481 e. The monoisotopic (exact) mass is 401 g/mol. The van der Waals surface area contributed by atoms with E-state index in [-0.39, 0.29) is 10.8 Å². The zero-order valence-corrected chi connectivity index (χ0v) is 16.9. The van der Waals surface area contributed by atoms with Crippen LogP contribution >= 0.6 is 0 Å². The summed E-state index contributed by atoms with van der Waals surface area (Å²) in [4.78, 5) is 12.5. The minimum atomic E-state index is -3.54. The third-order valence-corrected chi connectivity index (χ3v) is 6.19. The zero-order chi connectivity index (χ0) is 20.7. The fourth-order valence-electron chi connectivity index (χ4n) is 2.53. The number of sulfonamides is 1. The van der Waals surface area contributed by atoms with Crippen molar-refractivity contribution in [1.29, 1.82) is 5.26 Å². The van der Waals surface area contributed by atoms with Gasteiger partial charge in [0.1, 0.15) is 5.75 Å². The average Bonchev–Trinajstić information content (AvgIpc) is 2.69. The molecule has 28 heavy (non-hydrogen) atoms. The van der Waals surface area contributed by atoms with E-state index in [0.29, 0.717) is 30.1 Å². The number of hydrogen-bond donors (Lipinski definition) is 1. The van der Waals surface area contributed by atoms with Gasteiger partial charge in [-0.25, -0.2) is 8.42 Å². The smallest absolute Gasteiger partial charge is 0.265 e. The highest BCUT2D eigenvalue weighted by atomic mass is 32.2. The van der Waals surface area contributed by atoms with Crippen LogP contribution in [0.2, 0.25) is 0 Å². The van der Waals surface area contributed by atoms with Crippen LogP contribution in [-0.2, 0) is 14.8 Å². The van der Waals surface area contributed by atoms with Gasteiger partial charge in [0.2, 0.25) is 10.0 Å². The van der Waals surface area contributed by atoms with E-state index in [4.69, 9.17) is 10.00 Å². The van der Waals surface area contributed by atoms with E-state index in [2.05, 4.69) is 5.32 Å². The van der Waals surface area contributed by atoms with Gasteiger partial charge < -0.3 is 10.1 Å². The Morgan fingerprint density at radius 2 is 1.68 bits per heavy atom. The van der Waals surface area contributed by atoms with Gasteiger partial charge in [-0.3, -0.25) is 4.79 Å². The van der Waals surface area contributed by atoms with Crippen molar-refractivity contribution >= 4 is 21.6 Å². The van der Waals surface area contributed by atoms with Crippen LogP contribution < -0.4 is 10.1 Å². The summed E-state index contributed by atoms with van der Waals surface area (Å²) >= 11 is 0. The van der Waals surface area contributed by atoms with Gasteiger partial charge in [0.05, 0.1) is 16.5 Å². The molecule has 0 aliphatic carbocycles. The summed E-state index contributed by atoms with van der Waals surface area (Å²) in [6, 6.07) is 14.5. The number of carbonyl (C=O) groups excluding carboxylic acids is 1. The topological polar surface area (TPSA) is 99.5 Å². The Bertz CT molecular complexity index is 944. The van der Waals surface area contributed by atoms with E-state index < -0.39 is 16.1 Å². The van der Waals surface area contributed by atoms with Crippen molar-refractivity contribution in [2.24, 2.45) is 0 Å². The Labute approximate surface area is 165 Å². The predicted octanol–water partition coefficient (Wildman–Crippen LogP) is 2.99. The second-order valence-corrected chi connectivity index (χ2v) is 7.94. The highest BCUT2D eigenvalue weighted by molar-refractivity contribution is 7.89. The van der Waals surface area contributed by atoms with Crippen LogP contribution in [0.25, 0.3) is 0 Å². The molecule has 7 nitrogen and oxygen atoms in total. The van der Waals surface area contributed by atoms with Crippen LogP contribution in [0, 0.1) is 11.3 Å². The molecule has 0 radical (unpaired) electrons. The molecule has 2 aromatic rings. The van der Waals surface area contributed by atoms with Crippen molar-refractivity contribution in [3.05, 3.63) is 54.1 Å². The number of ether oxygens (including phenoxy) is 1. The second-order valence-electron chi connectivity index (χ2n) is 6.00. The molecule has 0 aromatic heterocycles. The number of nitrogens with zero attached hydrogens (tertiary/aromatic N) is 2. The molecule has 0 aliphatic heterocycles. The first-order valence-electron chi connectivity index (χ1n) is 8.89. The standard InChI is InChI=1S/C20H23N3O4S/c1-4-23(5-2)28(25,26)19-12-8-17(9-13-19)22-20(24)15(3)27-18-10-6-16(14-21)7-11-18/h6-13,15H,4-5H2,1-3H3,(H,22,24)/t15-/m0/s1. The fraction of sp³-hybridized carbons (Fsp3) is 0.300. The third-order valence-electron chi connectivity index (χ3n) is 4.13. The van der Waals surface area contributed by atoms with E-state index in [1.807, 2.05) is 6.07 Å². The van der Waals surface area contributed by atoms with Gasteiger partial charge >= 0.3 is 0 Å². The van der Waals surface area contributed by atoms with Crippen molar-refractivity contribution in [2.45, 2.75) is 31.8 Å². The van der Waals surface area contributed by atoms with Crippen LogP contribution in [0.1, 0.15) is 26.3 Å². The highest BCUT2D eigenvalue weighted by Crippen LogP contribution is 2.19. The van der Waals surface area contributed by atoms with Crippen molar-refractivity contribution in [3.8, 4) is 11.8 Å². The largest absolute Gasteiger partial charge is 0.481 e. The average molecular weight is 401 g/mol. The molecular weight excluding hydrogens is 378 g/mol. The quantitative estimate of drug-likeness (QED) is 0.733. The number of rotatable bonds is 8. The number of hydrogen-bond acceptors (Lipinski definition) is 5. The Kier molecular flexibility index (Phi) is 7.15. The zero-order valence-electron chi connectivity index (χ0n) is 16.0. The third kappa shape index (κ3) is 5.09. The molecule has 0 unspecified atom stereocenters. The van der Waals surface area contributed by atoms with Gasteiger partial charge in [-0.05, 0) is 55.5 Å². The Hall–Kier alpha value is -2.89. The number of amides is 1. The minimum absolute atomic E-state index is 0.177. The van der Waals surface area contributed by atoms with E-state index in [9.17, 15) is 13.2 Å². The maximum absolute atomic E-state index is 12.5. The van der Waals surface area contributed by atoms with E-state index in [1.165, 1.54) is 16.4 Å². The molecule has 0 spiro atoms. The molecule has 1 N–H and O–H groups in total. The molecule has 0 bridgehead atoms. The summed E-state index contributed by atoms with van der Waals surface area (Å²) in [5, 5.41) is 11.5. The normalized spacial score (nSPS) is 12.2. The van der Waals surface area contributed by atoms with Gasteiger partial charge in [-0.1, -0.05) is 13.8 Å². The maximum atomic E-state index is 12.5. The molecule has 2 rings (SSSR count). The molecule has 0 saturated carbocycles. The number of anilines is 1. The summed E-state index contributed by atoms with van der Waals surface area (Å²) in [5.41, 5.74) is 0.975. The first kappa shape index (κ1) is 21.4. The summed E-state index contributed by atoms with van der Waals surface area (Å²) in [6.45, 7) is 5.95. The van der Waals surface area contributed by atoms with Crippen LogP contribution in [0.15, 0.2) is 53.4 Å². The molecule has 148 valence electrons. The van der Waals surface area contributed by atoms with Crippen molar-refractivity contribution in [3.63, 3.8) is 0 Å². The Balaban J connectivity index is 2.02. The van der Waals surface area contributed by atoms with Crippen molar-refractivity contribution < 1.29 is 17.9 Å². The lowest BCUT2D eigenvalue weighted by Gasteiger charge is -2.19. The van der Waals surface area contributed by atoms with Crippen LogP contribution in [0.4, 0.5) is 5.69 Å². The molecule has 0 fully saturated rings. The first-order valence-corrected chi connectivity index (χ1v) is 10.3. The van der Waals surface area contributed by atoms with E-state index in [1.54, 1.807) is 57.2 Å². The molecular formula is C20H23N3O4S. The summed E-state index contributed by atoms with van der Waals surface area (Å²) in [6.07, 6.45) is -0.771. The molecule has 2 aromatic carbocycles. The van der Waals surface area contributed by atoms with Gasteiger partial charge in [0, 0.05) is 18.8 Å². The molecule has 0 aliphatic rings. The number of benzene rings is 2. The highest BCUT2D eigenvalue weighted by Gasteiger charge is 2.21. The molecule has 8 heteroatoms. The van der Waals surface area contributed by atoms with E-state index in [0.717, 1.165) is 0 Å². The van der Waals surface area contributed by atoms with Crippen molar-refractivity contribution in [2.75, 3.05) is 18.4 Å². The molecule has 1 amide bonds. The number of carbonyl (C=O) groups is 1. The van der Waals surface area contributed by atoms with Gasteiger partial charge in [-0.15, -0.1) is 0 Å². The molecule has 0 saturated heterocycles. The fourth-order valence-corrected chi connectivity index (χ4v) is 3.99. The van der Waals surface area contributed by atoms with Gasteiger partial charge in [0.15, 0.2) is 6.10 Å². The summed E-state index contributed by atoms with van der Waals surface area (Å²) < 4.78 is 31.9. The van der Waals surface area contributed by atoms with Crippen LogP contribution in [-0.4, -0.2) is 37.8 Å². The Morgan fingerprint density at radius 1 is 1.11 bits per heavy atom. The van der Waals surface area contributed by atoms with E-state index >= 15 is 0 Å². The second kappa shape index (κ2) is 9.35. The molecule has 0 heterocycles. The summed E-state index contributed by atoms with van der Waals surface area (Å²) in [7, 11) is -3.54. The van der Waals surface area contributed by atoms with Crippen molar-refractivity contribution in [1.82, 2.24) is 4.31 Å². The summed E-state index contributed by atoms with van der Waals surface area (Å²) in [5.74, 6) is 0.103. The molecule has 1 atom stereocenters. The number of nitriles is 1.